The monoisotopic (exact) mass is 532 g/mol. The van der Waals surface area contributed by atoms with Crippen molar-refractivity contribution in [2.45, 2.75) is 44.4 Å². The molecule has 3 saturated carbocycles. The molecule has 1 spiro atoms. The fourth-order valence-corrected chi connectivity index (χ4v) is 6.77. The second-order valence-corrected chi connectivity index (χ2v) is 11.7. The number of pyridine rings is 1. The zero-order valence-corrected chi connectivity index (χ0v) is 21.8. The lowest BCUT2D eigenvalue weighted by atomic mass is 9.48. The number of fused-ring (bicyclic) bond motifs is 1. The maximum atomic E-state index is 6.44. The van der Waals surface area contributed by atoms with Gasteiger partial charge in [-0.3, -0.25) is 4.98 Å². The van der Waals surface area contributed by atoms with Crippen molar-refractivity contribution in [1.82, 2.24) is 20.3 Å². The Morgan fingerprint density at radius 2 is 1.86 bits per heavy atom. The maximum Gasteiger partial charge on any atom is 0.147 e. The van der Waals surface area contributed by atoms with E-state index in [-0.39, 0.29) is 0 Å². The second-order valence-electron chi connectivity index (χ2n) is 10.9. The van der Waals surface area contributed by atoms with Crippen LogP contribution < -0.4 is 4.74 Å². The lowest BCUT2D eigenvalue weighted by Gasteiger charge is -2.57. The van der Waals surface area contributed by atoms with E-state index in [4.69, 9.17) is 32.5 Å². The van der Waals surface area contributed by atoms with E-state index in [0.717, 1.165) is 47.4 Å². The molecule has 0 amide bonds. The van der Waals surface area contributed by atoms with Crippen LogP contribution in [0.4, 0.5) is 0 Å². The van der Waals surface area contributed by atoms with Crippen LogP contribution in [0.5, 0.6) is 5.75 Å². The first-order valence-corrected chi connectivity index (χ1v) is 13.6. The van der Waals surface area contributed by atoms with Crippen LogP contribution in [0.2, 0.25) is 10.0 Å². The first-order chi connectivity index (χ1) is 18.1. The van der Waals surface area contributed by atoms with Gasteiger partial charge in [0, 0.05) is 40.9 Å². The molecule has 0 atom stereocenters. The topological polar surface area (TPSA) is 73.9 Å². The number of allylic oxidation sites excluding steroid dienone is 1. The average molecular weight is 533 g/mol. The first kappa shape index (κ1) is 23.2. The Balaban J connectivity index is 0.974. The Morgan fingerprint density at radius 1 is 1.05 bits per heavy atom. The van der Waals surface area contributed by atoms with Crippen LogP contribution in [-0.2, 0) is 0 Å². The van der Waals surface area contributed by atoms with E-state index in [1.54, 1.807) is 18.6 Å². The van der Waals surface area contributed by atoms with E-state index < -0.39 is 0 Å². The molecule has 0 unspecified atom stereocenters. The van der Waals surface area contributed by atoms with Crippen molar-refractivity contribution in [2.24, 2.45) is 17.3 Å². The molecular formula is C29H26Cl2N4O2. The minimum atomic E-state index is 0.440. The lowest BCUT2D eigenvalue weighted by Crippen LogP contribution is -2.48. The van der Waals surface area contributed by atoms with Gasteiger partial charge in [-0.05, 0) is 74.0 Å². The van der Waals surface area contributed by atoms with Crippen LogP contribution in [-0.4, -0.2) is 26.9 Å². The molecule has 0 saturated heterocycles. The van der Waals surface area contributed by atoms with Crippen molar-refractivity contribution in [1.29, 1.82) is 0 Å². The summed E-state index contributed by atoms with van der Waals surface area (Å²) in [7, 11) is 0. The van der Waals surface area contributed by atoms with Gasteiger partial charge in [0.05, 0.1) is 28.4 Å². The molecule has 3 fully saturated rings. The Kier molecular flexibility index (Phi) is 5.70. The Morgan fingerprint density at radius 3 is 2.65 bits per heavy atom. The maximum absolute atomic E-state index is 6.44. The van der Waals surface area contributed by atoms with Crippen molar-refractivity contribution in [3.05, 3.63) is 70.3 Å². The molecule has 3 aliphatic carbocycles. The normalized spacial score (nSPS) is 24.9. The quantitative estimate of drug-likeness (QED) is 0.242. The smallest absolute Gasteiger partial charge is 0.147 e. The fourth-order valence-electron chi connectivity index (χ4n) is 6.23. The van der Waals surface area contributed by atoms with E-state index >= 15 is 0 Å². The molecule has 188 valence electrons. The number of rotatable bonds is 7. The van der Waals surface area contributed by atoms with Crippen LogP contribution in [0.3, 0.4) is 0 Å². The molecule has 3 aromatic heterocycles. The van der Waals surface area contributed by atoms with Crippen molar-refractivity contribution in [3.8, 4) is 17.0 Å². The highest BCUT2D eigenvalue weighted by molar-refractivity contribution is 6.39. The molecule has 1 aromatic carbocycles. The molecule has 4 aromatic rings. The van der Waals surface area contributed by atoms with Gasteiger partial charge in [-0.2, -0.15) is 10.2 Å². The summed E-state index contributed by atoms with van der Waals surface area (Å²) in [5, 5.41) is 14.6. The minimum absolute atomic E-state index is 0.440. The van der Waals surface area contributed by atoms with Crippen LogP contribution in [0.15, 0.2) is 53.5 Å². The molecule has 3 aliphatic rings. The van der Waals surface area contributed by atoms with Gasteiger partial charge in [0.25, 0.3) is 0 Å². The summed E-state index contributed by atoms with van der Waals surface area (Å²) in [6.45, 7) is 0.760. The highest BCUT2D eigenvalue weighted by Crippen LogP contribution is 2.61. The molecule has 7 rings (SSSR count). The number of halogens is 2. The van der Waals surface area contributed by atoms with Gasteiger partial charge in [0.15, 0.2) is 0 Å². The molecule has 0 aliphatic heterocycles. The minimum Gasteiger partial charge on any atom is -0.493 e. The van der Waals surface area contributed by atoms with E-state index in [9.17, 15) is 0 Å². The zero-order valence-electron chi connectivity index (χ0n) is 20.2. The first-order valence-electron chi connectivity index (χ1n) is 12.9. The zero-order chi connectivity index (χ0) is 25.0. The van der Waals surface area contributed by atoms with Gasteiger partial charge in [-0.25, -0.2) is 0 Å². The number of hydrogen-bond acceptors (Lipinski definition) is 6. The number of ether oxygens (including phenoxy) is 1. The Hall–Kier alpha value is -2.96. The van der Waals surface area contributed by atoms with Crippen LogP contribution in [0.25, 0.3) is 28.2 Å². The standard InChI is InChI=1S/C29H26Cl2N4O2/c30-23-14-32-15-24(31)26(23)27-22(28(37-35-27)20-2-3-20)6-1-17-10-29(11-17)12-18(13-29)16-36-21-5-4-19-7-8-33-34-25(19)9-21/h1,4-9,14-15,17-18,20H,2-3,10-13,16H2/b6-1+. The SMILES string of the molecule is Clc1cncc(Cl)c1-c1noc(C2CC2)c1/C=C/C1CC2(C1)CC(COc1ccc3ccnnc3c1)C2. The predicted octanol–water partition coefficient (Wildman–Crippen LogP) is 7.76. The van der Waals surface area contributed by atoms with Gasteiger partial charge in [0.1, 0.15) is 17.2 Å². The summed E-state index contributed by atoms with van der Waals surface area (Å²) < 4.78 is 11.9. The number of aromatic nitrogens is 4. The molecule has 0 radical (unpaired) electrons. The van der Waals surface area contributed by atoms with Gasteiger partial charge in [-0.1, -0.05) is 40.5 Å². The Bertz CT molecular complexity index is 1480. The van der Waals surface area contributed by atoms with Crippen molar-refractivity contribution < 1.29 is 9.26 Å². The lowest BCUT2D eigenvalue weighted by molar-refractivity contribution is -0.0657. The Labute approximate surface area is 225 Å². The van der Waals surface area contributed by atoms with E-state index in [0.29, 0.717) is 44.5 Å². The largest absolute Gasteiger partial charge is 0.493 e. The number of benzene rings is 1. The molecule has 0 N–H and O–H groups in total. The molecule has 3 heterocycles. The van der Waals surface area contributed by atoms with Gasteiger partial charge >= 0.3 is 0 Å². The van der Waals surface area contributed by atoms with E-state index in [1.807, 2.05) is 24.3 Å². The third-order valence-corrected chi connectivity index (χ3v) is 8.71. The summed E-state index contributed by atoms with van der Waals surface area (Å²) in [6, 6.07) is 7.99. The summed E-state index contributed by atoms with van der Waals surface area (Å²) in [5.41, 5.74) is 3.77. The van der Waals surface area contributed by atoms with E-state index in [2.05, 4.69) is 32.5 Å². The molecule has 6 nitrogen and oxygen atoms in total. The summed E-state index contributed by atoms with van der Waals surface area (Å²) in [5.74, 6) is 3.44. The van der Waals surface area contributed by atoms with Gasteiger partial charge in [-0.15, -0.1) is 0 Å². The highest BCUT2D eigenvalue weighted by atomic mass is 35.5. The molecular weight excluding hydrogens is 507 g/mol. The third kappa shape index (κ3) is 4.40. The fraction of sp³-hybridized carbons (Fsp3) is 0.379. The molecule has 37 heavy (non-hydrogen) atoms. The summed E-state index contributed by atoms with van der Waals surface area (Å²) >= 11 is 12.9. The van der Waals surface area contributed by atoms with Crippen molar-refractivity contribution in [2.75, 3.05) is 6.61 Å². The number of nitrogens with zero attached hydrogens (tertiary/aromatic N) is 4. The third-order valence-electron chi connectivity index (χ3n) is 8.14. The average Bonchev–Trinajstić information content (AvgIpc) is 3.62. The summed E-state index contributed by atoms with van der Waals surface area (Å²) in [4.78, 5) is 4.08. The van der Waals surface area contributed by atoms with Crippen LogP contribution >= 0.6 is 23.2 Å². The van der Waals surface area contributed by atoms with Crippen LogP contribution in [0.1, 0.15) is 55.8 Å². The predicted molar refractivity (Wildman–Crippen MR) is 144 cm³/mol. The van der Waals surface area contributed by atoms with Gasteiger partial charge in [0.2, 0.25) is 0 Å². The van der Waals surface area contributed by atoms with Crippen LogP contribution in [0, 0.1) is 17.3 Å². The second kappa shape index (κ2) is 9.10. The molecule has 0 bridgehead atoms. The van der Waals surface area contributed by atoms with Crippen molar-refractivity contribution in [3.63, 3.8) is 0 Å². The number of hydrogen-bond donors (Lipinski definition) is 0. The highest BCUT2D eigenvalue weighted by Gasteiger charge is 2.52. The summed E-state index contributed by atoms with van der Waals surface area (Å²) in [6.07, 6.45) is 16.6. The van der Waals surface area contributed by atoms with Gasteiger partial charge < -0.3 is 9.26 Å². The van der Waals surface area contributed by atoms with E-state index in [1.165, 1.54) is 25.7 Å². The molecule has 8 heteroatoms. The van der Waals surface area contributed by atoms with Crippen molar-refractivity contribution >= 4 is 40.2 Å².